The van der Waals surface area contributed by atoms with E-state index in [2.05, 4.69) is 34.4 Å². The van der Waals surface area contributed by atoms with Crippen LogP contribution in [-0.2, 0) is 11.2 Å². The zero-order chi connectivity index (χ0) is 21.1. The minimum absolute atomic E-state index is 0.200. The molecule has 0 spiro atoms. The molecule has 0 bridgehead atoms. The number of ether oxygens (including phenoxy) is 1. The molecule has 8 nitrogen and oxygen atoms in total. The van der Waals surface area contributed by atoms with E-state index in [0.29, 0.717) is 18.5 Å². The van der Waals surface area contributed by atoms with Crippen molar-refractivity contribution in [1.29, 1.82) is 0 Å². The average molecular weight is 388 g/mol. The van der Waals surface area contributed by atoms with Crippen LogP contribution in [0.3, 0.4) is 0 Å². The summed E-state index contributed by atoms with van der Waals surface area (Å²) >= 11 is 0. The lowest BCUT2D eigenvalue weighted by molar-refractivity contribution is 0.0498. The third-order valence-corrected chi connectivity index (χ3v) is 4.18. The molecule has 1 heterocycles. The number of hydrogen-bond donors (Lipinski definition) is 2. The Labute approximate surface area is 164 Å². The fraction of sp³-hybridized carbons (Fsp3) is 0.500. The van der Waals surface area contributed by atoms with Crippen molar-refractivity contribution < 1.29 is 14.3 Å². The summed E-state index contributed by atoms with van der Waals surface area (Å²) in [6, 6.07) is 3.89. The van der Waals surface area contributed by atoms with Crippen molar-refractivity contribution in [2.45, 2.75) is 59.6 Å². The van der Waals surface area contributed by atoms with Gasteiger partial charge in [-0.05, 0) is 71.2 Å². The highest BCUT2D eigenvalue weighted by atomic mass is 16.6. The van der Waals surface area contributed by atoms with Crippen LogP contribution in [0.5, 0.6) is 0 Å². The van der Waals surface area contributed by atoms with E-state index in [1.807, 2.05) is 19.2 Å². The second-order valence-corrected chi connectivity index (χ2v) is 8.05. The number of aryl methyl sites for hydroxylation is 1. The van der Waals surface area contributed by atoms with Crippen molar-refractivity contribution in [3.63, 3.8) is 0 Å². The molecule has 0 aliphatic carbocycles. The Hall–Kier alpha value is -2.74. The highest BCUT2D eigenvalue weighted by molar-refractivity contribution is 6.08. The van der Waals surface area contributed by atoms with Gasteiger partial charge in [-0.2, -0.15) is 0 Å². The van der Waals surface area contributed by atoms with Gasteiger partial charge < -0.3 is 9.30 Å². The Kier molecular flexibility index (Phi) is 6.56. The van der Waals surface area contributed by atoms with Crippen molar-refractivity contribution in [3.05, 3.63) is 39.9 Å². The minimum Gasteiger partial charge on any atom is -0.443 e. The molecule has 152 valence electrons. The van der Waals surface area contributed by atoms with Crippen LogP contribution in [0, 0.1) is 11.8 Å². The highest BCUT2D eigenvalue weighted by Gasteiger charge is 2.19. The summed E-state index contributed by atoms with van der Waals surface area (Å²) in [7, 11) is 0. The van der Waals surface area contributed by atoms with Crippen LogP contribution in [0.15, 0.2) is 23.5 Å². The molecule has 0 atom stereocenters. The van der Waals surface area contributed by atoms with Crippen molar-refractivity contribution in [1.82, 2.24) is 15.4 Å². The number of benzene rings is 1. The zero-order valence-corrected chi connectivity index (χ0v) is 17.3. The van der Waals surface area contributed by atoms with Crippen LogP contribution in [0.1, 0.15) is 62.1 Å². The van der Waals surface area contributed by atoms with Crippen LogP contribution in [-0.4, -0.2) is 28.7 Å². The first-order chi connectivity index (χ1) is 13.0. The predicted octanol–water partition coefficient (Wildman–Crippen LogP) is 4.01. The van der Waals surface area contributed by atoms with Crippen molar-refractivity contribution in [3.8, 4) is 0 Å². The maximum atomic E-state index is 12.1. The maximum Gasteiger partial charge on any atom is 0.422 e. The van der Waals surface area contributed by atoms with E-state index in [1.165, 1.54) is 0 Å². The van der Waals surface area contributed by atoms with Crippen molar-refractivity contribution in [2.75, 3.05) is 6.54 Å². The minimum atomic E-state index is -0.781. The Morgan fingerprint density at radius 2 is 1.93 bits per heavy atom. The number of nitroso groups, excluding NO2 is 1. The van der Waals surface area contributed by atoms with Crippen LogP contribution in [0.4, 0.5) is 4.79 Å². The Morgan fingerprint density at radius 3 is 2.50 bits per heavy atom. The van der Waals surface area contributed by atoms with E-state index in [4.69, 9.17) is 4.74 Å². The molecule has 2 rings (SSSR count). The van der Waals surface area contributed by atoms with Crippen LogP contribution < -0.4 is 10.9 Å². The van der Waals surface area contributed by atoms with Gasteiger partial charge in [-0.1, -0.05) is 0 Å². The number of fused-ring (bicyclic) bond motifs is 1. The monoisotopic (exact) mass is 388 g/mol. The molecule has 0 saturated carbocycles. The van der Waals surface area contributed by atoms with Gasteiger partial charge >= 0.3 is 12.0 Å². The fourth-order valence-corrected chi connectivity index (χ4v) is 3.08. The molecule has 0 aliphatic rings. The molecule has 0 aliphatic heterocycles. The van der Waals surface area contributed by atoms with Crippen molar-refractivity contribution >= 4 is 22.9 Å². The van der Waals surface area contributed by atoms with E-state index in [1.54, 1.807) is 26.8 Å². The Bertz CT molecular complexity index is 894. The smallest absolute Gasteiger partial charge is 0.422 e. The van der Waals surface area contributed by atoms with Gasteiger partial charge in [-0.15, -0.1) is 4.91 Å². The summed E-state index contributed by atoms with van der Waals surface area (Å²) in [5.74, 6) is -0.781. The molecule has 0 radical (unpaired) electrons. The molecule has 2 amide bonds. The normalized spacial score (nSPS) is 11.7. The van der Waals surface area contributed by atoms with E-state index in [0.717, 1.165) is 22.0 Å². The lowest BCUT2D eigenvalue weighted by Gasteiger charge is -2.19. The summed E-state index contributed by atoms with van der Waals surface area (Å²) < 4.78 is 7.22. The van der Waals surface area contributed by atoms with Gasteiger partial charge in [0, 0.05) is 34.9 Å². The first-order valence-electron chi connectivity index (χ1n) is 9.27. The molecule has 0 saturated heterocycles. The molecule has 0 fully saturated rings. The van der Waals surface area contributed by atoms with E-state index in [-0.39, 0.29) is 6.04 Å². The number of nitrogens with one attached hydrogen (secondary N) is 2. The Morgan fingerprint density at radius 1 is 1.25 bits per heavy atom. The number of carbonyl (C=O) groups excluding carboxylic acids is 2. The number of carbonyl (C=O) groups is 2. The zero-order valence-electron chi connectivity index (χ0n) is 17.3. The maximum absolute atomic E-state index is 12.1. The number of nitrogens with zero attached hydrogens (tertiary/aromatic N) is 2. The SMILES string of the molecule is Cc1cn(C(C)C)c2cc(CCNNC(=O)OC(C)(C)C)cc(C(=O)N=O)c12. The largest absolute Gasteiger partial charge is 0.443 e. The lowest BCUT2D eigenvalue weighted by Crippen LogP contribution is -2.42. The molecular formula is C20H28N4O4. The first-order valence-corrected chi connectivity index (χ1v) is 9.27. The standard InChI is InChI=1S/C20H28N4O4/c1-12(2)24-11-13(3)17-15(18(25)23-27)9-14(10-16(17)24)7-8-21-22-19(26)28-20(4,5)6/h9-12,21H,7-8H2,1-6H3,(H,22,26). The van der Waals surface area contributed by atoms with Gasteiger partial charge in [0.1, 0.15) is 5.60 Å². The summed E-state index contributed by atoms with van der Waals surface area (Å²) in [5.41, 5.74) is 7.68. The van der Waals surface area contributed by atoms with Gasteiger partial charge in [-0.25, -0.2) is 10.2 Å². The van der Waals surface area contributed by atoms with Crippen LogP contribution in [0.25, 0.3) is 10.9 Å². The lowest BCUT2D eigenvalue weighted by atomic mass is 10.0. The Balaban J connectivity index is 2.21. The molecule has 2 aromatic rings. The van der Waals surface area contributed by atoms with Gasteiger partial charge in [0.25, 0.3) is 0 Å². The predicted molar refractivity (Wildman–Crippen MR) is 108 cm³/mol. The highest BCUT2D eigenvalue weighted by Crippen LogP contribution is 2.29. The molecule has 28 heavy (non-hydrogen) atoms. The van der Waals surface area contributed by atoms with E-state index >= 15 is 0 Å². The topological polar surface area (TPSA) is 102 Å². The summed E-state index contributed by atoms with van der Waals surface area (Å²) in [6.45, 7) is 11.8. The van der Waals surface area contributed by atoms with Gasteiger partial charge in [0.05, 0.1) is 5.56 Å². The van der Waals surface area contributed by atoms with Gasteiger partial charge in [0.15, 0.2) is 0 Å². The van der Waals surface area contributed by atoms with Crippen LogP contribution >= 0.6 is 0 Å². The number of hydrogen-bond acceptors (Lipinski definition) is 5. The number of aromatic nitrogens is 1. The molecule has 0 unspecified atom stereocenters. The van der Waals surface area contributed by atoms with E-state index < -0.39 is 17.6 Å². The van der Waals surface area contributed by atoms with E-state index in [9.17, 15) is 14.5 Å². The quantitative estimate of drug-likeness (QED) is 0.442. The van der Waals surface area contributed by atoms with Crippen LogP contribution in [0.2, 0.25) is 0 Å². The average Bonchev–Trinajstić information content (AvgIpc) is 2.93. The second kappa shape index (κ2) is 8.52. The number of hydrazine groups is 1. The molecule has 8 heteroatoms. The molecule has 2 N–H and O–H groups in total. The molecule has 1 aromatic carbocycles. The second-order valence-electron chi connectivity index (χ2n) is 8.05. The summed E-state index contributed by atoms with van der Waals surface area (Å²) in [6.07, 6.45) is 1.95. The third-order valence-electron chi connectivity index (χ3n) is 4.18. The van der Waals surface area contributed by atoms with Crippen molar-refractivity contribution in [2.24, 2.45) is 5.18 Å². The summed E-state index contributed by atoms with van der Waals surface area (Å²) in [4.78, 5) is 34.6. The fourth-order valence-electron chi connectivity index (χ4n) is 3.08. The molecular weight excluding hydrogens is 360 g/mol. The number of amides is 2. The summed E-state index contributed by atoms with van der Waals surface area (Å²) in [5, 5.41) is 3.36. The number of rotatable bonds is 6. The first kappa shape index (κ1) is 21.6. The van der Waals surface area contributed by atoms with Gasteiger partial charge in [0.2, 0.25) is 0 Å². The third kappa shape index (κ3) is 5.16. The molecule has 1 aromatic heterocycles. The van der Waals surface area contributed by atoms with Gasteiger partial charge in [-0.3, -0.25) is 10.2 Å².